The first-order valence-electron chi connectivity index (χ1n) is 19.6. The van der Waals surface area contributed by atoms with Gasteiger partial charge in [0.1, 0.15) is 5.69 Å². The first-order valence-corrected chi connectivity index (χ1v) is 19.6. The van der Waals surface area contributed by atoms with E-state index in [2.05, 4.69) is 55.7 Å². The van der Waals surface area contributed by atoms with Crippen molar-refractivity contribution < 1.29 is 24.8 Å². The van der Waals surface area contributed by atoms with Crippen LogP contribution in [0.5, 0.6) is 0 Å². The van der Waals surface area contributed by atoms with Gasteiger partial charge < -0.3 is 10.5 Å². The fraction of sp³-hybridized carbons (Fsp3) is 0.641. The number of benzene rings is 2. The lowest BCUT2D eigenvalue weighted by Crippen LogP contribution is -2.51. The topological polar surface area (TPSA) is 242 Å². The van der Waals surface area contributed by atoms with E-state index in [-0.39, 0.29) is 35.2 Å². The van der Waals surface area contributed by atoms with Gasteiger partial charge in [0, 0.05) is 23.2 Å². The van der Waals surface area contributed by atoms with Crippen LogP contribution < -0.4 is 10.9 Å². The third-order valence-corrected chi connectivity index (χ3v) is 13.2. The van der Waals surface area contributed by atoms with Gasteiger partial charge in [0.05, 0.1) is 44.5 Å². The minimum Gasteiger partial charge on any atom is -0.389 e. The Morgan fingerprint density at radius 3 is 2.11 bits per heavy atom. The summed E-state index contributed by atoms with van der Waals surface area (Å²) in [6.45, 7) is 11.8. The van der Waals surface area contributed by atoms with E-state index in [1.807, 2.05) is 0 Å². The number of nitro groups is 4. The summed E-state index contributed by atoms with van der Waals surface area (Å²) in [5.41, 5.74) is 4.59. The lowest BCUT2D eigenvalue weighted by Gasteiger charge is -2.56. The highest BCUT2D eigenvalue weighted by atomic mass is 16.6. The second kappa shape index (κ2) is 17.4. The summed E-state index contributed by atoms with van der Waals surface area (Å²) in [6, 6.07) is 6.68. The van der Waals surface area contributed by atoms with Crippen molar-refractivity contribution in [1.29, 1.82) is 0 Å². The van der Waals surface area contributed by atoms with Crippen LogP contribution in [0.2, 0.25) is 0 Å². The number of nitrogens with zero attached hydrogens (tertiary/aromatic N) is 6. The van der Waals surface area contributed by atoms with Gasteiger partial charge in [-0.2, -0.15) is 5.11 Å². The zero-order valence-corrected chi connectivity index (χ0v) is 32.8. The zero-order valence-electron chi connectivity index (χ0n) is 32.8. The number of fused-ring (bicyclic) bond motifs is 1. The molecule has 304 valence electrons. The van der Waals surface area contributed by atoms with Gasteiger partial charge in [-0.05, 0) is 104 Å². The quantitative estimate of drug-likeness (QED) is 0.0775. The Morgan fingerprint density at radius 2 is 1.46 bits per heavy atom. The molecule has 3 N–H and O–H groups in total. The van der Waals surface area contributed by atoms with Gasteiger partial charge in [-0.3, -0.25) is 45.9 Å². The number of hydrazine groups is 1. The predicted octanol–water partition coefficient (Wildman–Crippen LogP) is 9.98. The Labute approximate surface area is 326 Å². The molecule has 0 radical (unpaired) electrons. The van der Waals surface area contributed by atoms with Gasteiger partial charge in [0.25, 0.3) is 11.4 Å². The Kier molecular flexibility index (Phi) is 13.1. The van der Waals surface area contributed by atoms with Crippen LogP contribution in [0.15, 0.2) is 58.4 Å². The fourth-order valence-electron chi connectivity index (χ4n) is 10.3. The Bertz CT molecular complexity index is 1870. The van der Waals surface area contributed by atoms with E-state index >= 15 is 0 Å². The highest BCUT2D eigenvalue weighted by molar-refractivity contribution is 5.65. The highest BCUT2D eigenvalue weighted by Crippen LogP contribution is 2.65. The number of rotatable bonds is 17. The van der Waals surface area contributed by atoms with E-state index in [0.29, 0.717) is 48.6 Å². The number of azo groups is 1. The summed E-state index contributed by atoms with van der Waals surface area (Å²) in [7, 11) is 0. The maximum atomic E-state index is 11.9. The molecule has 2 aromatic carbocycles. The number of allylic oxidation sites excluding steroid dienone is 1. The van der Waals surface area contributed by atoms with E-state index in [9.17, 15) is 45.6 Å². The molecule has 0 saturated heterocycles. The number of aliphatic hydroxyl groups excluding tert-OH is 1. The largest absolute Gasteiger partial charge is 0.389 e. The van der Waals surface area contributed by atoms with Crippen molar-refractivity contribution >= 4 is 34.1 Å². The summed E-state index contributed by atoms with van der Waals surface area (Å²) >= 11 is 0. The number of hydrogen-bond acceptors (Lipinski definition) is 13. The molecule has 3 unspecified atom stereocenters. The molecule has 5 rings (SSSR count). The Balaban J connectivity index is 1.45. The molecule has 0 spiro atoms. The molecule has 0 aromatic heterocycles. The van der Waals surface area contributed by atoms with Crippen LogP contribution in [0.1, 0.15) is 98.8 Å². The summed E-state index contributed by atoms with van der Waals surface area (Å²) in [5, 5.41) is 65.7. The molecular formula is C39H54N8O9. The summed E-state index contributed by atoms with van der Waals surface area (Å²) in [4.78, 5) is 43.5. The lowest BCUT2D eigenvalue weighted by molar-refractivity contribution is -0.393. The monoisotopic (exact) mass is 778 g/mol. The van der Waals surface area contributed by atoms with Gasteiger partial charge in [0.15, 0.2) is 5.69 Å². The van der Waals surface area contributed by atoms with E-state index in [1.54, 1.807) is 6.08 Å². The van der Waals surface area contributed by atoms with Crippen molar-refractivity contribution in [2.45, 2.75) is 105 Å². The molecule has 56 heavy (non-hydrogen) atoms. The van der Waals surface area contributed by atoms with Crippen molar-refractivity contribution in [3.63, 3.8) is 0 Å². The molecule has 3 aliphatic carbocycles. The van der Waals surface area contributed by atoms with Crippen LogP contribution in [0.4, 0.5) is 34.1 Å². The first kappa shape index (κ1) is 42.1. The molecule has 0 heterocycles. The average Bonchev–Trinajstić information content (AvgIpc) is 3.50. The third-order valence-electron chi connectivity index (χ3n) is 13.2. The minimum absolute atomic E-state index is 0.0440. The molecule has 8 atom stereocenters. The number of aliphatic hydroxyl groups is 1. The number of anilines is 1. The summed E-state index contributed by atoms with van der Waals surface area (Å²) < 4.78 is 0. The number of nitro benzene ring substituents is 4. The predicted molar refractivity (Wildman–Crippen MR) is 210 cm³/mol. The smallest absolute Gasteiger partial charge is 0.303 e. The van der Waals surface area contributed by atoms with Crippen LogP contribution >= 0.6 is 0 Å². The molecule has 0 bridgehead atoms. The maximum absolute atomic E-state index is 11.9. The van der Waals surface area contributed by atoms with Crippen LogP contribution in [0.25, 0.3) is 0 Å². The van der Waals surface area contributed by atoms with Gasteiger partial charge in [-0.1, -0.05) is 53.9 Å². The highest BCUT2D eigenvalue weighted by Gasteiger charge is 2.58. The van der Waals surface area contributed by atoms with Gasteiger partial charge in [-0.25, -0.2) is 0 Å². The van der Waals surface area contributed by atoms with Crippen LogP contribution in [0, 0.1) is 86.8 Å². The van der Waals surface area contributed by atoms with E-state index in [1.165, 1.54) is 43.5 Å². The maximum Gasteiger partial charge on any atom is 0.303 e. The standard InChI is InChI=1S/C39H54N8O9/c1-24(2)7-6-8-25(3)30-11-12-31-29(17-20-40-41-33-13-9-26(44(49)50)21-35(33)46(53)54)32(16-19-38(30,31)4)39(5)18-15-28(48)23-37(39)43-42-34-14-10-27(45(51)52)22-36(34)47(55)56/h9-10,13-14,21-25,28-32,42-43,48H,6-8,11-12,15-20H2,1-5H3/t25-,28+,29?,30-,31?,32?,38-,39-/m1/s1. The molecule has 2 fully saturated rings. The van der Waals surface area contributed by atoms with Crippen LogP contribution in [-0.4, -0.2) is 37.4 Å². The number of hydrogen-bond donors (Lipinski definition) is 3. The second-order valence-corrected chi connectivity index (χ2v) is 16.9. The van der Waals surface area contributed by atoms with Gasteiger partial charge >= 0.3 is 11.4 Å². The third kappa shape index (κ3) is 8.98. The van der Waals surface area contributed by atoms with E-state index < -0.39 is 54.0 Å². The second-order valence-electron chi connectivity index (χ2n) is 16.9. The summed E-state index contributed by atoms with van der Waals surface area (Å²) in [5.74, 6) is 2.35. The Hall–Kier alpha value is -5.06. The molecule has 17 heteroatoms. The Morgan fingerprint density at radius 1 is 0.804 bits per heavy atom. The molecule has 0 aliphatic heterocycles. The minimum atomic E-state index is -0.750. The van der Waals surface area contributed by atoms with Crippen LogP contribution in [-0.2, 0) is 0 Å². The fourth-order valence-corrected chi connectivity index (χ4v) is 10.3. The number of non-ortho nitro benzene ring substituents is 2. The molecular weight excluding hydrogens is 724 g/mol. The zero-order chi connectivity index (χ0) is 40.9. The first-order chi connectivity index (χ1) is 26.5. The lowest BCUT2D eigenvalue weighted by atomic mass is 9.50. The van der Waals surface area contributed by atoms with Crippen molar-refractivity contribution in [2.75, 3.05) is 12.0 Å². The molecule has 3 aliphatic rings. The van der Waals surface area contributed by atoms with E-state index in [4.69, 9.17) is 0 Å². The van der Waals surface area contributed by atoms with Crippen molar-refractivity contribution in [1.82, 2.24) is 5.43 Å². The molecule has 2 saturated carbocycles. The normalized spacial score (nSPS) is 28.1. The average molecular weight is 779 g/mol. The summed E-state index contributed by atoms with van der Waals surface area (Å²) in [6.07, 6.45) is 10.4. The van der Waals surface area contributed by atoms with Crippen molar-refractivity contribution in [3.8, 4) is 0 Å². The van der Waals surface area contributed by atoms with Gasteiger partial charge in [0.2, 0.25) is 0 Å². The van der Waals surface area contributed by atoms with Crippen molar-refractivity contribution in [2.24, 2.45) is 56.6 Å². The molecule has 17 nitrogen and oxygen atoms in total. The molecule has 0 amide bonds. The number of nitrogens with one attached hydrogen (secondary N) is 2. The van der Waals surface area contributed by atoms with Gasteiger partial charge in [-0.15, -0.1) is 5.11 Å². The van der Waals surface area contributed by atoms with E-state index in [0.717, 1.165) is 37.8 Å². The SMILES string of the molecule is CC(C)CCC[C@@H](C)[C@H]1CCC2C(CCN=Nc3ccc([N+](=O)[O-])cc3[N+](=O)[O-])C([C@@]3(C)CC[C@H](O)C=C3NNc3ccc([N+](=O)[O-])cc3[N+](=O)[O-])CC[C@@]21C. The van der Waals surface area contributed by atoms with Crippen molar-refractivity contribution in [3.05, 3.63) is 88.6 Å². The molecule has 2 aromatic rings. The van der Waals surface area contributed by atoms with Crippen LogP contribution in [0.3, 0.4) is 0 Å².